The summed E-state index contributed by atoms with van der Waals surface area (Å²) in [5, 5.41) is 2.74. The Kier molecular flexibility index (Phi) is 3.52. The highest BCUT2D eigenvalue weighted by Crippen LogP contribution is 2.34. The lowest BCUT2D eigenvalue weighted by molar-refractivity contribution is -0.127. The van der Waals surface area contributed by atoms with Gasteiger partial charge in [0.1, 0.15) is 10.7 Å². The van der Waals surface area contributed by atoms with E-state index in [1.54, 1.807) is 0 Å². The molecule has 1 unspecified atom stereocenters. The van der Waals surface area contributed by atoms with E-state index in [1.165, 1.54) is 24.2 Å². The summed E-state index contributed by atoms with van der Waals surface area (Å²) in [6.07, 6.45) is 2.94. The van der Waals surface area contributed by atoms with Gasteiger partial charge in [0.05, 0.1) is 5.39 Å². The number of thiophene rings is 1. The molecule has 1 amide bonds. The van der Waals surface area contributed by atoms with Crippen LogP contribution in [-0.4, -0.2) is 33.9 Å². The summed E-state index contributed by atoms with van der Waals surface area (Å²) in [6, 6.07) is 0. The van der Waals surface area contributed by atoms with Gasteiger partial charge in [-0.25, -0.2) is 4.98 Å². The fourth-order valence-electron chi connectivity index (χ4n) is 3.35. The molecule has 2 aromatic heterocycles. The maximum absolute atomic E-state index is 12.5. The van der Waals surface area contributed by atoms with Crippen LogP contribution in [0.4, 0.5) is 0 Å². The number of nitrogens with one attached hydrogen (secondary N) is 1. The fourth-order valence-corrected chi connectivity index (χ4v) is 4.46. The molecule has 1 aliphatic carbocycles. The monoisotopic (exact) mass is 331 g/mol. The molecule has 1 saturated heterocycles. The van der Waals surface area contributed by atoms with Crippen LogP contribution in [0, 0.1) is 5.92 Å². The van der Waals surface area contributed by atoms with Crippen LogP contribution in [0.25, 0.3) is 10.2 Å². The van der Waals surface area contributed by atoms with E-state index < -0.39 is 0 Å². The SMILES string of the molecule is CC(C)c1csc2nc(C3CC(=O)N(CC4CC4)C3)[nH]c(=O)c12. The molecular weight excluding hydrogens is 310 g/mol. The van der Waals surface area contributed by atoms with Gasteiger partial charge in [-0.05, 0) is 35.6 Å². The standard InChI is InChI=1S/C17H21N3O2S/c1-9(2)12-8-23-17-14(12)16(22)18-15(19-17)11-5-13(21)20(7-11)6-10-3-4-10/h8-11H,3-7H2,1-2H3,(H,18,19,22). The minimum Gasteiger partial charge on any atom is -0.342 e. The van der Waals surface area contributed by atoms with Crippen molar-refractivity contribution in [1.82, 2.24) is 14.9 Å². The number of nitrogens with zero attached hydrogens (tertiary/aromatic N) is 2. The van der Waals surface area contributed by atoms with Crippen molar-refractivity contribution in [3.63, 3.8) is 0 Å². The Balaban J connectivity index is 1.64. The predicted molar refractivity (Wildman–Crippen MR) is 91.0 cm³/mol. The summed E-state index contributed by atoms with van der Waals surface area (Å²) in [5.74, 6) is 1.88. The molecule has 0 radical (unpaired) electrons. The topological polar surface area (TPSA) is 66.1 Å². The number of fused-ring (bicyclic) bond motifs is 1. The van der Waals surface area contributed by atoms with E-state index in [-0.39, 0.29) is 17.4 Å². The molecule has 0 aromatic carbocycles. The number of rotatable bonds is 4. The molecule has 1 saturated carbocycles. The number of carbonyl (C=O) groups excluding carboxylic acids is 1. The van der Waals surface area contributed by atoms with Crippen LogP contribution < -0.4 is 5.56 Å². The van der Waals surface area contributed by atoms with Crippen molar-refractivity contribution in [2.75, 3.05) is 13.1 Å². The van der Waals surface area contributed by atoms with Crippen molar-refractivity contribution in [2.24, 2.45) is 5.92 Å². The highest BCUT2D eigenvalue weighted by atomic mass is 32.1. The second-order valence-electron chi connectivity index (χ2n) is 7.12. The molecule has 2 aliphatic rings. The van der Waals surface area contributed by atoms with Gasteiger partial charge in [-0.2, -0.15) is 0 Å². The Labute approximate surface area is 138 Å². The largest absolute Gasteiger partial charge is 0.342 e. The minimum atomic E-state index is -0.0666. The molecule has 6 heteroatoms. The summed E-state index contributed by atoms with van der Waals surface area (Å²) in [6.45, 7) is 5.73. The first-order valence-corrected chi connectivity index (χ1v) is 9.20. The quantitative estimate of drug-likeness (QED) is 0.937. The molecule has 2 aromatic rings. The Morgan fingerprint density at radius 3 is 2.87 bits per heavy atom. The van der Waals surface area contributed by atoms with Crippen molar-refractivity contribution >= 4 is 27.5 Å². The van der Waals surface area contributed by atoms with Gasteiger partial charge in [-0.1, -0.05) is 13.8 Å². The molecule has 1 N–H and O–H groups in total. The van der Waals surface area contributed by atoms with Gasteiger partial charge in [0.25, 0.3) is 5.56 Å². The van der Waals surface area contributed by atoms with Crippen LogP contribution in [-0.2, 0) is 4.79 Å². The second-order valence-corrected chi connectivity index (χ2v) is 7.98. The first-order valence-electron chi connectivity index (χ1n) is 8.32. The molecule has 122 valence electrons. The van der Waals surface area contributed by atoms with Crippen molar-refractivity contribution in [1.29, 1.82) is 0 Å². The number of aromatic amines is 1. The van der Waals surface area contributed by atoms with Gasteiger partial charge in [-0.15, -0.1) is 11.3 Å². The third kappa shape index (κ3) is 2.69. The van der Waals surface area contributed by atoms with Gasteiger partial charge < -0.3 is 9.88 Å². The molecule has 23 heavy (non-hydrogen) atoms. The third-order valence-electron chi connectivity index (χ3n) is 4.89. The number of H-pyrrole nitrogens is 1. The average molecular weight is 331 g/mol. The van der Waals surface area contributed by atoms with Gasteiger partial charge in [-0.3, -0.25) is 9.59 Å². The van der Waals surface area contributed by atoms with Gasteiger partial charge in [0.2, 0.25) is 5.91 Å². The van der Waals surface area contributed by atoms with Crippen LogP contribution in [0.3, 0.4) is 0 Å². The Morgan fingerprint density at radius 2 is 2.17 bits per heavy atom. The first kappa shape index (κ1) is 14.9. The number of carbonyl (C=O) groups is 1. The lowest BCUT2D eigenvalue weighted by atomic mass is 10.0. The molecular formula is C17H21N3O2S. The maximum atomic E-state index is 12.5. The van der Waals surface area contributed by atoms with Crippen LogP contribution in [0.2, 0.25) is 0 Å². The molecule has 2 fully saturated rings. The number of likely N-dealkylation sites (tertiary alicyclic amines) is 1. The highest BCUT2D eigenvalue weighted by Gasteiger charge is 2.35. The Bertz CT molecular complexity index is 819. The van der Waals surface area contributed by atoms with Crippen molar-refractivity contribution < 1.29 is 4.79 Å². The van der Waals surface area contributed by atoms with E-state index in [0.717, 1.165) is 16.9 Å². The molecule has 5 nitrogen and oxygen atoms in total. The van der Waals surface area contributed by atoms with Crippen molar-refractivity contribution in [2.45, 2.75) is 44.9 Å². The zero-order valence-electron chi connectivity index (χ0n) is 13.5. The molecule has 1 atom stereocenters. The van der Waals surface area contributed by atoms with E-state index in [1.807, 2.05) is 10.3 Å². The summed E-state index contributed by atoms with van der Waals surface area (Å²) in [5.41, 5.74) is 0.992. The predicted octanol–water partition coefficient (Wildman–Crippen LogP) is 2.83. The molecule has 3 heterocycles. The van der Waals surface area contributed by atoms with E-state index >= 15 is 0 Å². The second kappa shape index (κ2) is 5.44. The molecule has 4 rings (SSSR count). The van der Waals surface area contributed by atoms with E-state index in [9.17, 15) is 9.59 Å². The van der Waals surface area contributed by atoms with Crippen LogP contribution >= 0.6 is 11.3 Å². The number of aromatic nitrogens is 2. The van der Waals surface area contributed by atoms with E-state index in [0.29, 0.717) is 36.0 Å². The van der Waals surface area contributed by atoms with Gasteiger partial charge in [0, 0.05) is 25.4 Å². The molecule has 1 aliphatic heterocycles. The van der Waals surface area contributed by atoms with E-state index in [4.69, 9.17) is 0 Å². The van der Waals surface area contributed by atoms with Gasteiger partial charge >= 0.3 is 0 Å². The summed E-state index contributed by atoms with van der Waals surface area (Å²) in [7, 11) is 0. The van der Waals surface area contributed by atoms with Crippen molar-refractivity contribution in [3.05, 3.63) is 27.1 Å². The number of hydrogen-bond donors (Lipinski definition) is 1. The Hall–Kier alpha value is -1.69. The lowest BCUT2D eigenvalue weighted by Gasteiger charge is -2.15. The minimum absolute atomic E-state index is 0.0166. The maximum Gasteiger partial charge on any atom is 0.259 e. The summed E-state index contributed by atoms with van der Waals surface area (Å²) < 4.78 is 0. The van der Waals surface area contributed by atoms with E-state index in [2.05, 4.69) is 23.8 Å². The number of hydrogen-bond acceptors (Lipinski definition) is 4. The highest BCUT2D eigenvalue weighted by molar-refractivity contribution is 7.16. The van der Waals surface area contributed by atoms with Crippen LogP contribution in [0.5, 0.6) is 0 Å². The summed E-state index contributed by atoms with van der Waals surface area (Å²) >= 11 is 1.52. The van der Waals surface area contributed by atoms with Crippen LogP contribution in [0.1, 0.15) is 56.3 Å². The third-order valence-corrected chi connectivity index (χ3v) is 5.78. The number of amides is 1. The zero-order chi connectivity index (χ0) is 16.1. The first-order chi connectivity index (χ1) is 11.0. The van der Waals surface area contributed by atoms with Gasteiger partial charge in [0.15, 0.2) is 0 Å². The lowest BCUT2D eigenvalue weighted by Crippen LogP contribution is -2.27. The fraction of sp³-hybridized carbons (Fsp3) is 0.588. The Morgan fingerprint density at radius 1 is 1.39 bits per heavy atom. The zero-order valence-corrected chi connectivity index (χ0v) is 14.3. The summed E-state index contributed by atoms with van der Waals surface area (Å²) in [4.78, 5) is 35.0. The molecule has 0 spiro atoms. The van der Waals surface area contributed by atoms with Crippen LogP contribution in [0.15, 0.2) is 10.2 Å². The average Bonchev–Trinajstić information content (AvgIpc) is 3.07. The molecule has 0 bridgehead atoms. The van der Waals surface area contributed by atoms with Crippen molar-refractivity contribution in [3.8, 4) is 0 Å². The normalized spacial score (nSPS) is 21.8. The smallest absolute Gasteiger partial charge is 0.259 e.